The van der Waals surface area contributed by atoms with Crippen molar-refractivity contribution in [3.63, 3.8) is 0 Å². The summed E-state index contributed by atoms with van der Waals surface area (Å²) in [5.41, 5.74) is 0.878. The predicted octanol–water partition coefficient (Wildman–Crippen LogP) is 1.89. The van der Waals surface area contributed by atoms with Crippen LogP contribution in [0.25, 0.3) is 0 Å². The van der Waals surface area contributed by atoms with Crippen LogP contribution in [-0.2, 0) is 0 Å². The number of unbranched alkanes of at least 4 members (excludes halogenated alkanes) is 2. The highest BCUT2D eigenvalue weighted by Crippen LogP contribution is 2.19. The Morgan fingerprint density at radius 1 is 1.20 bits per heavy atom. The Bertz CT molecular complexity index is 484. The van der Waals surface area contributed by atoms with Crippen LogP contribution in [-0.4, -0.2) is 29.4 Å². The Morgan fingerprint density at radius 3 is 2.55 bits per heavy atom. The van der Waals surface area contributed by atoms with Crippen molar-refractivity contribution in [2.75, 3.05) is 6.54 Å². The van der Waals surface area contributed by atoms with Gasteiger partial charge in [-0.05, 0) is 25.3 Å². The van der Waals surface area contributed by atoms with Crippen molar-refractivity contribution in [2.45, 2.75) is 45.1 Å². The number of hydrogen-bond donors (Lipinski definition) is 2. The van der Waals surface area contributed by atoms with Crippen LogP contribution in [0, 0.1) is 0 Å². The van der Waals surface area contributed by atoms with E-state index >= 15 is 0 Å². The quantitative estimate of drug-likeness (QED) is 0.747. The second-order valence-corrected chi connectivity index (χ2v) is 5.17. The van der Waals surface area contributed by atoms with Gasteiger partial charge in [-0.15, -0.1) is 0 Å². The number of pyridine rings is 1. The second-order valence-electron chi connectivity index (χ2n) is 5.17. The maximum absolute atomic E-state index is 11.9. The number of amides is 2. The van der Waals surface area contributed by atoms with Gasteiger partial charge < -0.3 is 10.6 Å². The van der Waals surface area contributed by atoms with Crippen molar-refractivity contribution in [1.82, 2.24) is 15.6 Å². The highest BCUT2D eigenvalue weighted by atomic mass is 16.2. The van der Waals surface area contributed by atoms with Gasteiger partial charge in [0, 0.05) is 25.0 Å². The minimum atomic E-state index is -0.172. The van der Waals surface area contributed by atoms with E-state index < -0.39 is 0 Å². The zero-order valence-corrected chi connectivity index (χ0v) is 11.8. The van der Waals surface area contributed by atoms with Crippen LogP contribution in [0.5, 0.6) is 0 Å². The minimum absolute atomic E-state index is 0.152. The lowest BCUT2D eigenvalue weighted by atomic mass is 10.2. The van der Waals surface area contributed by atoms with Crippen LogP contribution in [0.4, 0.5) is 0 Å². The van der Waals surface area contributed by atoms with Crippen molar-refractivity contribution in [3.8, 4) is 0 Å². The van der Waals surface area contributed by atoms with Crippen molar-refractivity contribution >= 4 is 11.8 Å². The predicted molar refractivity (Wildman–Crippen MR) is 76.6 cm³/mol. The van der Waals surface area contributed by atoms with Gasteiger partial charge in [0.25, 0.3) is 11.8 Å². The van der Waals surface area contributed by atoms with E-state index in [1.807, 2.05) is 0 Å². The first-order valence-electron chi connectivity index (χ1n) is 7.25. The van der Waals surface area contributed by atoms with E-state index in [2.05, 4.69) is 22.5 Å². The first-order chi connectivity index (χ1) is 9.70. The average molecular weight is 275 g/mol. The van der Waals surface area contributed by atoms with Crippen LogP contribution < -0.4 is 10.6 Å². The minimum Gasteiger partial charge on any atom is -0.352 e. The highest BCUT2D eigenvalue weighted by molar-refractivity contribution is 5.99. The molecule has 5 heteroatoms. The molecular weight excluding hydrogens is 254 g/mol. The molecule has 1 fully saturated rings. The molecule has 0 saturated heterocycles. The molecule has 20 heavy (non-hydrogen) atoms. The molecule has 1 heterocycles. The number of hydrogen-bond acceptors (Lipinski definition) is 3. The number of rotatable bonds is 7. The van der Waals surface area contributed by atoms with E-state index in [9.17, 15) is 9.59 Å². The van der Waals surface area contributed by atoms with Gasteiger partial charge in [-0.2, -0.15) is 0 Å². The average Bonchev–Trinajstić information content (AvgIpc) is 3.27. The number of nitrogens with one attached hydrogen (secondary N) is 2. The molecule has 2 N–H and O–H groups in total. The van der Waals surface area contributed by atoms with Crippen molar-refractivity contribution < 1.29 is 9.59 Å². The Balaban J connectivity index is 1.90. The third-order valence-electron chi connectivity index (χ3n) is 3.24. The molecule has 1 saturated carbocycles. The molecule has 108 valence electrons. The molecule has 0 bridgehead atoms. The van der Waals surface area contributed by atoms with Gasteiger partial charge in [0.05, 0.1) is 11.1 Å². The van der Waals surface area contributed by atoms with Crippen molar-refractivity contribution in [1.29, 1.82) is 0 Å². The van der Waals surface area contributed by atoms with Gasteiger partial charge in [-0.3, -0.25) is 14.6 Å². The van der Waals surface area contributed by atoms with E-state index in [-0.39, 0.29) is 11.8 Å². The first kappa shape index (κ1) is 14.5. The highest BCUT2D eigenvalue weighted by Gasteiger charge is 2.24. The number of aromatic nitrogens is 1. The maximum atomic E-state index is 11.9. The molecular formula is C15H21N3O2. The Kier molecular flexibility index (Phi) is 5.09. The van der Waals surface area contributed by atoms with Gasteiger partial charge in [0.15, 0.2) is 0 Å². The molecule has 1 aromatic rings. The van der Waals surface area contributed by atoms with Gasteiger partial charge in [-0.25, -0.2) is 0 Å². The normalized spacial score (nSPS) is 13.8. The molecule has 0 aliphatic heterocycles. The smallest absolute Gasteiger partial charge is 0.253 e. The fraction of sp³-hybridized carbons (Fsp3) is 0.533. The van der Waals surface area contributed by atoms with Gasteiger partial charge in [0.2, 0.25) is 0 Å². The molecule has 1 aliphatic carbocycles. The second kappa shape index (κ2) is 7.03. The topological polar surface area (TPSA) is 71.1 Å². The first-order valence-corrected chi connectivity index (χ1v) is 7.25. The van der Waals surface area contributed by atoms with Crippen LogP contribution >= 0.6 is 0 Å². The molecule has 0 aromatic carbocycles. The third kappa shape index (κ3) is 4.33. The summed E-state index contributed by atoms with van der Waals surface area (Å²) in [6, 6.07) is 1.90. The molecule has 5 nitrogen and oxygen atoms in total. The van der Waals surface area contributed by atoms with E-state index in [0.29, 0.717) is 23.7 Å². The summed E-state index contributed by atoms with van der Waals surface area (Å²) in [5, 5.41) is 5.73. The molecule has 1 aromatic heterocycles. The maximum Gasteiger partial charge on any atom is 0.253 e. The lowest BCUT2D eigenvalue weighted by Gasteiger charge is -2.06. The number of nitrogens with zero attached hydrogens (tertiary/aromatic N) is 1. The molecule has 0 radical (unpaired) electrons. The van der Waals surface area contributed by atoms with Crippen molar-refractivity contribution in [2.24, 2.45) is 0 Å². The molecule has 1 aliphatic rings. The Labute approximate surface area is 119 Å². The van der Waals surface area contributed by atoms with Crippen LogP contribution in [0.3, 0.4) is 0 Å². The standard InChI is InChI=1S/C15H21N3O2/c1-2-3-4-7-17-14(19)11-8-12(10-16-9-11)15(20)18-13-5-6-13/h8-10,13H,2-7H2,1H3,(H,17,19)(H,18,20). The molecule has 0 unspecified atom stereocenters. The SMILES string of the molecule is CCCCCNC(=O)c1cncc(C(=O)NC2CC2)c1. The molecule has 2 rings (SSSR count). The summed E-state index contributed by atoms with van der Waals surface area (Å²) in [7, 11) is 0. The van der Waals surface area contributed by atoms with Gasteiger partial charge in [-0.1, -0.05) is 19.8 Å². The summed E-state index contributed by atoms with van der Waals surface area (Å²) >= 11 is 0. The zero-order valence-electron chi connectivity index (χ0n) is 11.8. The Morgan fingerprint density at radius 2 is 1.90 bits per heavy atom. The number of carbonyl (C=O) groups is 2. The fourth-order valence-corrected chi connectivity index (χ4v) is 1.86. The number of carbonyl (C=O) groups excluding carboxylic acids is 2. The molecule has 0 atom stereocenters. The van der Waals surface area contributed by atoms with Crippen LogP contribution in [0.1, 0.15) is 59.7 Å². The fourth-order valence-electron chi connectivity index (χ4n) is 1.86. The van der Waals surface area contributed by atoms with Crippen LogP contribution in [0.2, 0.25) is 0 Å². The molecule has 2 amide bonds. The van der Waals surface area contributed by atoms with Gasteiger partial charge >= 0.3 is 0 Å². The monoisotopic (exact) mass is 275 g/mol. The third-order valence-corrected chi connectivity index (χ3v) is 3.24. The lowest BCUT2D eigenvalue weighted by Crippen LogP contribution is -2.27. The zero-order chi connectivity index (χ0) is 14.4. The van der Waals surface area contributed by atoms with E-state index in [0.717, 1.165) is 32.1 Å². The largest absolute Gasteiger partial charge is 0.352 e. The van der Waals surface area contributed by atoms with Crippen LogP contribution in [0.15, 0.2) is 18.5 Å². The summed E-state index contributed by atoms with van der Waals surface area (Å²) < 4.78 is 0. The summed E-state index contributed by atoms with van der Waals surface area (Å²) in [6.45, 7) is 2.78. The van der Waals surface area contributed by atoms with E-state index in [4.69, 9.17) is 0 Å². The van der Waals surface area contributed by atoms with E-state index in [1.54, 1.807) is 6.07 Å². The molecule has 0 spiro atoms. The summed E-state index contributed by atoms with van der Waals surface area (Å²) in [5.74, 6) is -0.324. The van der Waals surface area contributed by atoms with Gasteiger partial charge in [0.1, 0.15) is 0 Å². The lowest BCUT2D eigenvalue weighted by molar-refractivity contribution is 0.0950. The Hall–Kier alpha value is -1.91. The summed E-state index contributed by atoms with van der Waals surface area (Å²) in [4.78, 5) is 27.8. The summed E-state index contributed by atoms with van der Waals surface area (Å²) in [6.07, 6.45) is 8.25. The van der Waals surface area contributed by atoms with Crippen molar-refractivity contribution in [3.05, 3.63) is 29.6 Å². The van der Waals surface area contributed by atoms with E-state index in [1.165, 1.54) is 12.4 Å².